The van der Waals surface area contributed by atoms with Crippen molar-refractivity contribution < 1.29 is 22.8 Å². The van der Waals surface area contributed by atoms with E-state index >= 15 is 0 Å². The van der Waals surface area contributed by atoms with E-state index in [0.29, 0.717) is 6.54 Å². The number of carbonyl (C=O) groups is 2. The zero-order chi connectivity index (χ0) is 19.9. The number of aromatic nitrogens is 1. The molecule has 0 saturated carbocycles. The summed E-state index contributed by atoms with van der Waals surface area (Å²) in [7, 11) is 0. The molecule has 0 unspecified atom stereocenters. The molecular formula is C19H20F3N3O2. The lowest BCUT2D eigenvalue weighted by Crippen LogP contribution is -2.26. The van der Waals surface area contributed by atoms with Crippen molar-refractivity contribution >= 4 is 17.5 Å². The Morgan fingerprint density at radius 3 is 2.33 bits per heavy atom. The molecule has 0 bridgehead atoms. The van der Waals surface area contributed by atoms with E-state index in [9.17, 15) is 22.8 Å². The summed E-state index contributed by atoms with van der Waals surface area (Å²) in [6.45, 7) is 2.56. The average Bonchev–Trinajstić information content (AvgIpc) is 2.64. The highest BCUT2D eigenvalue weighted by molar-refractivity contribution is 6.03. The molecule has 2 aromatic rings. The molecule has 27 heavy (non-hydrogen) atoms. The van der Waals surface area contributed by atoms with E-state index in [1.165, 1.54) is 30.3 Å². The lowest BCUT2D eigenvalue weighted by Gasteiger charge is -2.10. The van der Waals surface area contributed by atoms with Gasteiger partial charge in [-0.05, 0) is 36.8 Å². The highest BCUT2D eigenvalue weighted by Crippen LogP contribution is 2.30. The predicted molar refractivity (Wildman–Crippen MR) is 95.5 cm³/mol. The molecule has 0 radical (unpaired) electrons. The van der Waals surface area contributed by atoms with Crippen LogP contribution in [0.2, 0.25) is 0 Å². The van der Waals surface area contributed by atoms with Gasteiger partial charge in [-0.2, -0.15) is 13.2 Å². The van der Waals surface area contributed by atoms with Crippen LogP contribution >= 0.6 is 0 Å². The van der Waals surface area contributed by atoms with E-state index in [2.05, 4.69) is 22.5 Å². The number of unbranched alkanes of at least 4 members (excludes halogenated alkanes) is 2. The number of nitrogens with one attached hydrogen (secondary N) is 2. The Morgan fingerprint density at radius 1 is 1.00 bits per heavy atom. The van der Waals surface area contributed by atoms with Gasteiger partial charge in [0.1, 0.15) is 11.4 Å². The van der Waals surface area contributed by atoms with Crippen LogP contribution < -0.4 is 10.6 Å². The van der Waals surface area contributed by atoms with E-state index in [0.717, 1.165) is 31.4 Å². The number of amides is 2. The molecule has 1 aromatic carbocycles. The minimum absolute atomic E-state index is 0.00829. The first-order valence-electron chi connectivity index (χ1n) is 8.55. The third-order valence-corrected chi connectivity index (χ3v) is 3.73. The SMILES string of the molecule is CCCCCNC(=O)c1cccc(C(=O)Nc2cccc(C(F)(F)F)c2)n1. The van der Waals surface area contributed by atoms with Crippen LogP contribution in [0.1, 0.15) is 52.7 Å². The predicted octanol–water partition coefficient (Wildman–Crippen LogP) is 4.27. The standard InChI is InChI=1S/C19H20F3N3O2/c1-2-3-4-11-23-17(26)15-9-6-10-16(25-15)18(27)24-14-8-5-7-13(12-14)19(20,21)22/h5-10,12H,2-4,11H2,1H3,(H,23,26)(H,24,27). The van der Waals surface area contributed by atoms with Crippen LogP contribution in [-0.2, 0) is 6.18 Å². The summed E-state index contributed by atoms with van der Waals surface area (Å²) in [5.74, 6) is -1.10. The highest BCUT2D eigenvalue weighted by atomic mass is 19.4. The molecule has 1 heterocycles. The van der Waals surface area contributed by atoms with Gasteiger partial charge in [-0.1, -0.05) is 31.9 Å². The third-order valence-electron chi connectivity index (χ3n) is 3.73. The molecule has 2 rings (SSSR count). The monoisotopic (exact) mass is 379 g/mol. The first kappa shape index (κ1) is 20.4. The number of hydrogen-bond donors (Lipinski definition) is 2. The molecule has 0 aliphatic rings. The number of pyridine rings is 1. The highest BCUT2D eigenvalue weighted by Gasteiger charge is 2.30. The average molecular weight is 379 g/mol. The van der Waals surface area contributed by atoms with Gasteiger partial charge < -0.3 is 10.6 Å². The zero-order valence-electron chi connectivity index (χ0n) is 14.8. The Morgan fingerprint density at radius 2 is 1.67 bits per heavy atom. The third kappa shape index (κ3) is 6.09. The van der Waals surface area contributed by atoms with Gasteiger partial charge in [0.25, 0.3) is 11.8 Å². The summed E-state index contributed by atoms with van der Waals surface area (Å²) in [6.07, 6.45) is -1.64. The fraction of sp³-hybridized carbons (Fsp3) is 0.316. The smallest absolute Gasteiger partial charge is 0.351 e. The van der Waals surface area contributed by atoms with E-state index < -0.39 is 23.6 Å². The van der Waals surface area contributed by atoms with Crippen LogP contribution in [0.15, 0.2) is 42.5 Å². The Bertz CT molecular complexity index is 807. The number of rotatable bonds is 7. The fourth-order valence-corrected chi connectivity index (χ4v) is 2.32. The van der Waals surface area contributed by atoms with E-state index in [4.69, 9.17) is 0 Å². The number of anilines is 1. The molecule has 2 amide bonds. The summed E-state index contributed by atoms with van der Waals surface area (Å²) < 4.78 is 38.3. The quantitative estimate of drug-likeness (QED) is 0.706. The van der Waals surface area contributed by atoms with Crippen LogP contribution in [0.3, 0.4) is 0 Å². The fourth-order valence-electron chi connectivity index (χ4n) is 2.32. The van der Waals surface area contributed by atoms with Crippen molar-refractivity contribution in [3.8, 4) is 0 Å². The Hall–Kier alpha value is -2.90. The van der Waals surface area contributed by atoms with Gasteiger partial charge in [0.2, 0.25) is 0 Å². The largest absolute Gasteiger partial charge is 0.416 e. The van der Waals surface area contributed by atoms with Gasteiger partial charge in [0, 0.05) is 12.2 Å². The molecule has 2 N–H and O–H groups in total. The number of hydrogen-bond acceptors (Lipinski definition) is 3. The first-order chi connectivity index (χ1) is 12.8. The van der Waals surface area contributed by atoms with Crippen LogP contribution in [0.4, 0.5) is 18.9 Å². The van der Waals surface area contributed by atoms with E-state index in [1.807, 2.05) is 0 Å². The van der Waals surface area contributed by atoms with E-state index in [-0.39, 0.29) is 17.1 Å². The maximum Gasteiger partial charge on any atom is 0.416 e. The summed E-state index contributed by atoms with van der Waals surface area (Å²) in [6, 6.07) is 8.64. The summed E-state index contributed by atoms with van der Waals surface area (Å²) >= 11 is 0. The Balaban J connectivity index is 2.06. The molecule has 0 aliphatic carbocycles. The lowest BCUT2D eigenvalue weighted by atomic mass is 10.2. The second kappa shape index (κ2) is 9.16. The van der Waals surface area contributed by atoms with Gasteiger partial charge >= 0.3 is 6.18 Å². The summed E-state index contributed by atoms with van der Waals surface area (Å²) in [5, 5.41) is 5.08. The van der Waals surface area contributed by atoms with Gasteiger partial charge in [0.15, 0.2) is 0 Å². The first-order valence-corrected chi connectivity index (χ1v) is 8.55. The molecule has 0 aliphatic heterocycles. The van der Waals surface area contributed by atoms with Crippen molar-refractivity contribution in [2.75, 3.05) is 11.9 Å². The maximum atomic E-state index is 12.8. The second-order valence-corrected chi connectivity index (χ2v) is 5.90. The Labute approximate surface area is 155 Å². The maximum absolute atomic E-state index is 12.8. The molecule has 144 valence electrons. The van der Waals surface area contributed by atoms with Crippen molar-refractivity contribution in [1.82, 2.24) is 10.3 Å². The molecular weight excluding hydrogens is 359 g/mol. The van der Waals surface area contributed by atoms with Crippen molar-refractivity contribution in [3.63, 3.8) is 0 Å². The van der Waals surface area contributed by atoms with E-state index in [1.54, 1.807) is 0 Å². The van der Waals surface area contributed by atoms with Gasteiger partial charge in [-0.25, -0.2) is 4.98 Å². The Kier molecular flexibility index (Phi) is 6.92. The van der Waals surface area contributed by atoms with Crippen LogP contribution in [0.5, 0.6) is 0 Å². The molecule has 0 fully saturated rings. The van der Waals surface area contributed by atoms with Crippen molar-refractivity contribution in [2.24, 2.45) is 0 Å². The van der Waals surface area contributed by atoms with Crippen LogP contribution in [-0.4, -0.2) is 23.3 Å². The normalized spacial score (nSPS) is 11.1. The summed E-state index contributed by atoms with van der Waals surface area (Å²) in [5.41, 5.74) is -0.865. The minimum atomic E-state index is -4.51. The molecule has 0 atom stereocenters. The number of benzene rings is 1. The lowest BCUT2D eigenvalue weighted by molar-refractivity contribution is -0.137. The van der Waals surface area contributed by atoms with Crippen molar-refractivity contribution in [2.45, 2.75) is 32.4 Å². The van der Waals surface area contributed by atoms with Gasteiger partial charge in [-0.15, -0.1) is 0 Å². The van der Waals surface area contributed by atoms with Gasteiger partial charge in [-0.3, -0.25) is 9.59 Å². The molecule has 1 aromatic heterocycles. The van der Waals surface area contributed by atoms with Gasteiger partial charge in [0.05, 0.1) is 5.56 Å². The number of alkyl halides is 3. The van der Waals surface area contributed by atoms with Crippen LogP contribution in [0, 0.1) is 0 Å². The number of nitrogens with zero attached hydrogens (tertiary/aromatic N) is 1. The zero-order valence-corrected chi connectivity index (χ0v) is 14.8. The molecule has 5 nitrogen and oxygen atoms in total. The number of halogens is 3. The van der Waals surface area contributed by atoms with Crippen molar-refractivity contribution in [1.29, 1.82) is 0 Å². The second-order valence-electron chi connectivity index (χ2n) is 5.90. The topological polar surface area (TPSA) is 71.1 Å². The minimum Gasteiger partial charge on any atom is -0.351 e. The van der Waals surface area contributed by atoms with Crippen LogP contribution in [0.25, 0.3) is 0 Å². The van der Waals surface area contributed by atoms with Crippen molar-refractivity contribution in [3.05, 3.63) is 59.4 Å². The molecule has 0 spiro atoms. The molecule has 0 saturated heterocycles. The summed E-state index contributed by atoms with van der Waals surface area (Å²) in [4.78, 5) is 28.3. The number of carbonyl (C=O) groups excluding carboxylic acids is 2. The molecule has 8 heteroatoms.